The standard InChI is InChI=1S/C27H19FN4O4/c28-18-7-6-10-20(14-18)32-26(35)22(25(34)30-27(32)36)13-17-15-31(23-12-5-4-11-21(17)23)16-24(33)29-19-8-2-1-3-9-19/h1-15H,16H2,(H,29,33)(H,30,34,36). The quantitative estimate of drug-likeness (QED) is 0.331. The molecule has 1 fully saturated rings. The summed E-state index contributed by atoms with van der Waals surface area (Å²) >= 11 is 0. The van der Waals surface area contributed by atoms with Crippen molar-refractivity contribution in [2.45, 2.75) is 6.54 Å². The van der Waals surface area contributed by atoms with Crippen LogP contribution in [0.25, 0.3) is 17.0 Å². The van der Waals surface area contributed by atoms with Gasteiger partial charge in [0.1, 0.15) is 17.9 Å². The maximum Gasteiger partial charge on any atom is 0.335 e. The number of aromatic nitrogens is 1. The van der Waals surface area contributed by atoms with Gasteiger partial charge in [0, 0.05) is 28.4 Å². The highest BCUT2D eigenvalue weighted by molar-refractivity contribution is 6.39. The third kappa shape index (κ3) is 4.37. The second-order valence-corrected chi connectivity index (χ2v) is 8.08. The van der Waals surface area contributed by atoms with E-state index in [1.54, 1.807) is 35.0 Å². The minimum absolute atomic E-state index is 0.00379. The zero-order chi connectivity index (χ0) is 25.2. The van der Waals surface area contributed by atoms with Gasteiger partial charge in [0.15, 0.2) is 0 Å². The van der Waals surface area contributed by atoms with Gasteiger partial charge in [-0.05, 0) is 42.5 Å². The summed E-state index contributed by atoms with van der Waals surface area (Å²) in [7, 11) is 0. The van der Waals surface area contributed by atoms with Crippen LogP contribution in [0.15, 0.2) is 90.6 Å². The number of hydrogen-bond acceptors (Lipinski definition) is 4. The molecule has 2 N–H and O–H groups in total. The lowest BCUT2D eigenvalue weighted by molar-refractivity contribution is -0.122. The van der Waals surface area contributed by atoms with Gasteiger partial charge < -0.3 is 9.88 Å². The predicted molar refractivity (Wildman–Crippen MR) is 132 cm³/mol. The largest absolute Gasteiger partial charge is 0.337 e. The van der Waals surface area contributed by atoms with Crippen LogP contribution >= 0.6 is 0 Å². The summed E-state index contributed by atoms with van der Waals surface area (Å²) in [6, 6.07) is 20.3. The van der Waals surface area contributed by atoms with Crippen LogP contribution in [0.2, 0.25) is 0 Å². The Labute approximate surface area is 204 Å². The SMILES string of the molecule is O=C(Cn1cc(C=C2C(=O)NC(=O)N(c3cccc(F)c3)C2=O)c2ccccc21)Nc1ccccc1. The molecule has 5 amide bonds. The first-order valence-electron chi connectivity index (χ1n) is 11.0. The van der Waals surface area contributed by atoms with Crippen molar-refractivity contribution in [3.05, 3.63) is 102 Å². The van der Waals surface area contributed by atoms with Gasteiger partial charge in [-0.15, -0.1) is 0 Å². The van der Waals surface area contributed by atoms with Crippen molar-refractivity contribution in [2.75, 3.05) is 10.2 Å². The second-order valence-electron chi connectivity index (χ2n) is 8.08. The van der Waals surface area contributed by atoms with Crippen molar-refractivity contribution in [1.29, 1.82) is 0 Å². The molecule has 2 heterocycles. The molecule has 4 aromatic rings. The van der Waals surface area contributed by atoms with Crippen LogP contribution in [-0.2, 0) is 20.9 Å². The maximum absolute atomic E-state index is 13.7. The summed E-state index contributed by atoms with van der Waals surface area (Å²) in [5, 5.41) is 5.65. The van der Waals surface area contributed by atoms with Gasteiger partial charge in [0.2, 0.25) is 5.91 Å². The van der Waals surface area contributed by atoms with Crippen molar-refractivity contribution < 1.29 is 23.6 Å². The normalized spacial score (nSPS) is 14.9. The lowest BCUT2D eigenvalue weighted by Crippen LogP contribution is -2.54. The van der Waals surface area contributed by atoms with E-state index in [1.165, 1.54) is 24.3 Å². The topological polar surface area (TPSA) is 101 Å². The monoisotopic (exact) mass is 482 g/mol. The third-order valence-corrected chi connectivity index (χ3v) is 5.66. The highest BCUT2D eigenvalue weighted by Gasteiger charge is 2.37. The first-order chi connectivity index (χ1) is 17.4. The Bertz CT molecular complexity index is 1560. The van der Waals surface area contributed by atoms with Gasteiger partial charge in [0.25, 0.3) is 11.8 Å². The molecule has 36 heavy (non-hydrogen) atoms. The van der Waals surface area contributed by atoms with Crippen molar-refractivity contribution in [1.82, 2.24) is 9.88 Å². The summed E-state index contributed by atoms with van der Waals surface area (Å²) in [5.41, 5.74) is 1.58. The number of benzene rings is 3. The molecule has 0 radical (unpaired) electrons. The molecule has 0 spiro atoms. The fourth-order valence-electron chi connectivity index (χ4n) is 4.06. The molecular weight excluding hydrogens is 463 g/mol. The lowest BCUT2D eigenvalue weighted by atomic mass is 10.1. The van der Waals surface area contributed by atoms with E-state index >= 15 is 0 Å². The number of amides is 5. The molecule has 3 aromatic carbocycles. The van der Waals surface area contributed by atoms with Crippen LogP contribution in [-0.4, -0.2) is 28.3 Å². The molecule has 0 unspecified atom stereocenters. The van der Waals surface area contributed by atoms with Crippen LogP contribution in [0.4, 0.5) is 20.6 Å². The van der Waals surface area contributed by atoms with Gasteiger partial charge >= 0.3 is 6.03 Å². The number of halogens is 1. The van der Waals surface area contributed by atoms with Gasteiger partial charge in [-0.3, -0.25) is 19.7 Å². The molecule has 178 valence electrons. The van der Waals surface area contributed by atoms with Crippen molar-refractivity contribution >= 4 is 52.1 Å². The number of urea groups is 1. The minimum Gasteiger partial charge on any atom is -0.337 e. The Hall–Kier alpha value is -5.05. The Morgan fingerprint density at radius 3 is 2.47 bits per heavy atom. The molecule has 9 heteroatoms. The number of anilines is 2. The third-order valence-electron chi connectivity index (χ3n) is 5.66. The molecular formula is C27H19FN4O4. The summed E-state index contributed by atoms with van der Waals surface area (Å²) < 4.78 is 15.4. The van der Waals surface area contributed by atoms with Crippen molar-refractivity contribution in [3.63, 3.8) is 0 Å². The Morgan fingerprint density at radius 1 is 0.944 bits per heavy atom. The fraction of sp³-hybridized carbons (Fsp3) is 0.0370. The van der Waals surface area contributed by atoms with E-state index in [9.17, 15) is 23.6 Å². The summed E-state index contributed by atoms with van der Waals surface area (Å²) in [6.07, 6.45) is 3.02. The summed E-state index contributed by atoms with van der Waals surface area (Å²) in [5.74, 6) is -2.63. The molecule has 1 aliphatic rings. The average Bonchev–Trinajstić information content (AvgIpc) is 3.19. The molecule has 5 rings (SSSR count). The molecule has 0 bridgehead atoms. The number of barbiturate groups is 1. The number of nitrogens with zero attached hydrogens (tertiary/aromatic N) is 2. The van der Waals surface area contributed by atoms with Gasteiger partial charge in [-0.25, -0.2) is 14.1 Å². The molecule has 0 atom stereocenters. The van der Waals surface area contributed by atoms with E-state index in [0.29, 0.717) is 27.1 Å². The van der Waals surface area contributed by atoms with Crippen LogP contribution in [0.5, 0.6) is 0 Å². The number of nitrogens with one attached hydrogen (secondary N) is 2. The first kappa shape index (κ1) is 22.7. The molecule has 1 aromatic heterocycles. The van der Waals surface area contributed by atoms with Crippen LogP contribution in [0.3, 0.4) is 0 Å². The summed E-state index contributed by atoms with van der Waals surface area (Å²) in [4.78, 5) is 51.5. The van der Waals surface area contributed by atoms with Crippen LogP contribution in [0, 0.1) is 5.82 Å². The highest BCUT2D eigenvalue weighted by atomic mass is 19.1. The van der Waals surface area contributed by atoms with E-state index in [1.807, 2.05) is 30.3 Å². The average molecular weight is 482 g/mol. The van der Waals surface area contributed by atoms with Gasteiger partial charge in [0.05, 0.1) is 5.69 Å². The minimum atomic E-state index is -0.965. The first-order valence-corrected chi connectivity index (χ1v) is 11.0. The van der Waals surface area contributed by atoms with Crippen molar-refractivity contribution in [2.24, 2.45) is 0 Å². The van der Waals surface area contributed by atoms with Crippen LogP contribution < -0.4 is 15.5 Å². The van der Waals surface area contributed by atoms with Crippen LogP contribution in [0.1, 0.15) is 5.56 Å². The van der Waals surface area contributed by atoms with E-state index in [4.69, 9.17) is 0 Å². The van der Waals surface area contributed by atoms with E-state index in [2.05, 4.69) is 10.6 Å². The fourth-order valence-corrected chi connectivity index (χ4v) is 4.06. The smallest absolute Gasteiger partial charge is 0.335 e. The second kappa shape index (κ2) is 9.30. The summed E-state index contributed by atoms with van der Waals surface area (Å²) in [6.45, 7) is -0.00731. The molecule has 1 aliphatic heterocycles. The number of rotatable bonds is 5. The Balaban J connectivity index is 1.49. The van der Waals surface area contributed by atoms with Gasteiger partial charge in [-0.1, -0.05) is 42.5 Å². The number of fused-ring (bicyclic) bond motifs is 1. The number of para-hydroxylation sites is 2. The molecule has 0 saturated carbocycles. The van der Waals surface area contributed by atoms with E-state index in [0.717, 1.165) is 6.07 Å². The Kier molecular flexibility index (Phi) is 5.87. The van der Waals surface area contributed by atoms with Gasteiger partial charge in [-0.2, -0.15) is 0 Å². The number of imide groups is 2. The van der Waals surface area contributed by atoms with Crippen molar-refractivity contribution in [3.8, 4) is 0 Å². The number of carbonyl (C=O) groups is 4. The molecule has 8 nitrogen and oxygen atoms in total. The van der Waals surface area contributed by atoms with E-state index < -0.39 is 23.7 Å². The molecule has 0 aliphatic carbocycles. The zero-order valence-electron chi connectivity index (χ0n) is 18.8. The zero-order valence-corrected chi connectivity index (χ0v) is 18.8. The Morgan fingerprint density at radius 2 is 1.69 bits per heavy atom. The maximum atomic E-state index is 13.7. The number of hydrogen-bond donors (Lipinski definition) is 2. The lowest BCUT2D eigenvalue weighted by Gasteiger charge is -2.26. The highest BCUT2D eigenvalue weighted by Crippen LogP contribution is 2.27. The molecule has 1 saturated heterocycles. The number of carbonyl (C=O) groups excluding carboxylic acids is 4. The van der Waals surface area contributed by atoms with E-state index in [-0.39, 0.29) is 23.7 Å². The predicted octanol–water partition coefficient (Wildman–Crippen LogP) is 4.09.